The third-order valence-corrected chi connectivity index (χ3v) is 2.94. The second-order valence-corrected chi connectivity index (χ2v) is 4.35. The van der Waals surface area contributed by atoms with E-state index < -0.39 is 0 Å². The Morgan fingerprint density at radius 3 is 2.46 bits per heavy atom. The Morgan fingerprint density at radius 1 is 1.38 bits per heavy atom. The lowest BCUT2D eigenvalue weighted by Gasteiger charge is -2.27. The van der Waals surface area contributed by atoms with Gasteiger partial charge >= 0.3 is 0 Å². The van der Waals surface area contributed by atoms with Crippen molar-refractivity contribution in [3.05, 3.63) is 0 Å². The minimum Gasteiger partial charge on any atom is -0.396 e. The van der Waals surface area contributed by atoms with Gasteiger partial charge in [-0.05, 0) is 19.8 Å². The van der Waals surface area contributed by atoms with Gasteiger partial charge in [0.2, 0.25) is 0 Å². The molecule has 0 heterocycles. The summed E-state index contributed by atoms with van der Waals surface area (Å²) in [5.41, 5.74) is 0.106. The molecule has 0 aromatic heterocycles. The molecule has 0 aromatic rings. The van der Waals surface area contributed by atoms with Gasteiger partial charge in [-0.1, -0.05) is 12.8 Å². The third kappa shape index (κ3) is 3.25. The van der Waals surface area contributed by atoms with Crippen LogP contribution in [-0.2, 0) is 0 Å². The largest absolute Gasteiger partial charge is 0.396 e. The summed E-state index contributed by atoms with van der Waals surface area (Å²) in [4.78, 5) is 0. The maximum Gasteiger partial charge on any atom is 0.0636 e. The molecule has 1 saturated carbocycles. The lowest BCUT2D eigenvalue weighted by atomic mass is 9.87. The molecule has 1 aliphatic carbocycles. The van der Waals surface area contributed by atoms with Crippen molar-refractivity contribution in [3.63, 3.8) is 0 Å². The van der Waals surface area contributed by atoms with E-state index in [2.05, 4.69) is 5.32 Å². The van der Waals surface area contributed by atoms with E-state index in [1.54, 1.807) is 6.92 Å². The van der Waals surface area contributed by atoms with Gasteiger partial charge in [0.1, 0.15) is 0 Å². The van der Waals surface area contributed by atoms with E-state index in [9.17, 15) is 5.11 Å². The van der Waals surface area contributed by atoms with E-state index in [0.717, 1.165) is 19.4 Å². The topological polar surface area (TPSA) is 52.5 Å². The predicted molar refractivity (Wildman–Crippen MR) is 52.5 cm³/mol. The molecule has 1 aliphatic rings. The molecule has 1 rings (SSSR count). The highest BCUT2D eigenvalue weighted by Crippen LogP contribution is 2.36. The highest BCUT2D eigenvalue weighted by Gasteiger charge is 2.32. The van der Waals surface area contributed by atoms with Crippen LogP contribution in [0.4, 0.5) is 0 Å². The fourth-order valence-electron chi connectivity index (χ4n) is 2.06. The van der Waals surface area contributed by atoms with Gasteiger partial charge in [0.05, 0.1) is 6.10 Å². The van der Waals surface area contributed by atoms with Crippen LogP contribution in [0.5, 0.6) is 0 Å². The van der Waals surface area contributed by atoms with Crippen molar-refractivity contribution < 1.29 is 10.2 Å². The van der Waals surface area contributed by atoms with Crippen LogP contribution in [0.25, 0.3) is 0 Å². The van der Waals surface area contributed by atoms with Gasteiger partial charge in [0, 0.05) is 25.1 Å². The zero-order valence-electron chi connectivity index (χ0n) is 8.42. The van der Waals surface area contributed by atoms with E-state index in [4.69, 9.17) is 5.11 Å². The molecule has 0 aliphatic heterocycles. The van der Waals surface area contributed by atoms with Crippen LogP contribution < -0.4 is 5.32 Å². The minimum atomic E-state index is -0.294. The van der Waals surface area contributed by atoms with Crippen molar-refractivity contribution in [3.8, 4) is 0 Å². The number of hydrogen-bond acceptors (Lipinski definition) is 3. The fraction of sp³-hybridized carbons (Fsp3) is 1.00. The van der Waals surface area contributed by atoms with E-state index in [1.165, 1.54) is 12.8 Å². The Hall–Kier alpha value is -0.120. The molecule has 0 amide bonds. The summed E-state index contributed by atoms with van der Waals surface area (Å²) in [6.45, 7) is 3.52. The Morgan fingerprint density at radius 2 is 2.00 bits per heavy atom. The van der Waals surface area contributed by atoms with Crippen LogP contribution in [0.1, 0.15) is 32.6 Å². The summed E-state index contributed by atoms with van der Waals surface area (Å²) in [7, 11) is 0. The first-order valence-corrected chi connectivity index (χ1v) is 5.18. The first-order chi connectivity index (χ1) is 6.18. The normalized spacial score (nSPS) is 23.3. The molecule has 0 saturated heterocycles. The molecule has 3 heteroatoms. The van der Waals surface area contributed by atoms with Gasteiger partial charge in [-0.2, -0.15) is 0 Å². The number of nitrogens with one attached hydrogen (secondary N) is 1. The molecule has 3 N–H and O–H groups in total. The summed E-state index contributed by atoms with van der Waals surface area (Å²) in [5.74, 6) is 0. The van der Waals surface area contributed by atoms with Crippen LogP contribution in [0.15, 0.2) is 0 Å². The molecule has 0 radical (unpaired) electrons. The first kappa shape index (κ1) is 11.0. The summed E-state index contributed by atoms with van der Waals surface area (Å²) >= 11 is 0. The highest BCUT2D eigenvalue weighted by molar-refractivity contribution is 4.86. The molecule has 1 atom stereocenters. The number of rotatable bonds is 5. The summed E-state index contributed by atoms with van der Waals surface area (Å²) in [5, 5.41) is 21.5. The van der Waals surface area contributed by atoms with Crippen molar-refractivity contribution in [2.24, 2.45) is 5.41 Å². The van der Waals surface area contributed by atoms with Gasteiger partial charge in [-0.3, -0.25) is 0 Å². The van der Waals surface area contributed by atoms with Crippen molar-refractivity contribution in [1.82, 2.24) is 5.32 Å². The summed E-state index contributed by atoms with van der Waals surface area (Å²) in [6, 6.07) is 0. The zero-order chi connectivity index (χ0) is 9.73. The molecular formula is C10H21NO2. The maximum absolute atomic E-state index is 9.28. The third-order valence-electron chi connectivity index (χ3n) is 2.94. The number of aliphatic hydroxyl groups excluding tert-OH is 2. The van der Waals surface area contributed by atoms with Gasteiger partial charge < -0.3 is 15.5 Å². The van der Waals surface area contributed by atoms with E-state index >= 15 is 0 Å². The monoisotopic (exact) mass is 187 g/mol. The molecule has 0 unspecified atom stereocenters. The van der Waals surface area contributed by atoms with Crippen molar-refractivity contribution in [1.29, 1.82) is 0 Å². The van der Waals surface area contributed by atoms with Crippen LogP contribution in [0, 0.1) is 5.41 Å². The lowest BCUT2D eigenvalue weighted by Crippen LogP contribution is -2.37. The molecule has 0 aromatic carbocycles. The van der Waals surface area contributed by atoms with E-state index in [0.29, 0.717) is 6.54 Å². The van der Waals surface area contributed by atoms with Gasteiger partial charge in [-0.15, -0.1) is 0 Å². The Bertz CT molecular complexity index is 142. The van der Waals surface area contributed by atoms with Crippen molar-refractivity contribution in [2.75, 3.05) is 19.7 Å². The predicted octanol–water partition coefficient (Wildman–Crippen LogP) is 0.509. The Kier molecular flexibility index (Phi) is 4.16. The SMILES string of the molecule is C[C@H](O)CNCC1(CO)CCCC1. The smallest absolute Gasteiger partial charge is 0.0636 e. The van der Waals surface area contributed by atoms with E-state index in [1.807, 2.05) is 0 Å². The van der Waals surface area contributed by atoms with Crippen molar-refractivity contribution >= 4 is 0 Å². The molecule has 3 nitrogen and oxygen atoms in total. The maximum atomic E-state index is 9.28. The molecule has 1 fully saturated rings. The van der Waals surface area contributed by atoms with Gasteiger partial charge in [0.15, 0.2) is 0 Å². The summed E-state index contributed by atoms with van der Waals surface area (Å²) in [6.07, 6.45) is 4.41. The highest BCUT2D eigenvalue weighted by atomic mass is 16.3. The van der Waals surface area contributed by atoms with E-state index in [-0.39, 0.29) is 18.1 Å². The number of aliphatic hydroxyl groups is 2. The van der Waals surface area contributed by atoms with Gasteiger partial charge in [0.25, 0.3) is 0 Å². The Balaban J connectivity index is 2.23. The van der Waals surface area contributed by atoms with Crippen LogP contribution in [-0.4, -0.2) is 36.0 Å². The molecule has 13 heavy (non-hydrogen) atoms. The molecular weight excluding hydrogens is 166 g/mol. The molecule has 0 spiro atoms. The van der Waals surface area contributed by atoms with Crippen molar-refractivity contribution in [2.45, 2.75) is 38.7 Å². The summed E-state index contributed by atoms with van der Waals surface area (Å²) < 4.78 is 0. The molecule has 0 bridgehead atoms. The minimum absolute atomic E-state index is 0.106. The first-order valence-electron chi connectivity index (χ1n) is 5.18. The standard InChI is InChI=1S/C10H21NO2/c1-9(13)6-11-7-10(8-12)4-2-3-5-10/h9,11-13H,2-8H2,1H3/t9-/m0/s1. The average Bonchev–Trinajstić information content (AvgIpc) is 2.53. The molecule has 78 valence electrons. The Labute approximate surface area is 80.2 Å². The number of hydrogen-bond donors (Lipinski definition) is 3. The van der Waals surface area contributed by atoms with Crippen LogP contribution in [0.2, 0.25) is 0 Å². The lowest BCUT2D eigenvalue weighted by molar-refractivity contribution is 0.120. The fourth-order valence-corrected chi connectivity index (χ4v) is 2.06. The average molecular weight is 187 g/mol. The van der Waals surface area contributed by atoms with Crippen LogP contribution >= 0.6 is 0 Å². The van der Waals surface area contributed by atoms with Gasteiger partial charge in [-0.25, -0.2) is 0 Å². The van der Waals surface area contributed by atoms with Crippen LogP contribution in [0.3, 0.4) is 0 Å². The quantitative estimate of drug-likeness (QED) is 0.588. The second kappa shape index (κ2) is 4.94. The zero-order valence-corrected chi connectivity index (χ0v) is 8.42. The second-order valence-electron chi connectivity index (χ2n) is 4.35.